The number of rotatable bonds is 4. The van der Waals surface area contributed by atoms with Crippen LogP contribution in [0.25, 0.3) is 0 Å². The Hall–Kier alpha value is -2.11. The molecule has 2 N–H and O–H groups in total. The molecule has 1 aliphatic rings. The summed E-state index contributed by atoms with van der Waals surface area (Å²) < 4.78 is 5.60. The number of ether oxygens (including phenoxy) is 1. The highest BCUT2D eigenvalue weighted by atomic mass is 35.5. The third-order valence-electron chi connectivity index (χ3n) is 4.46. The maximum absolute atomic E-state index is 12.4. The number of nitrogen functional groups attached to an aromatic ring is 1. The summed E-state index contributed by atoms with van der Waals surface area (Å²) in [5.74, 6) is 0.604. The van der Waals surface area contributed by atoms with Gasteiger partial charge in [-0.25, -0.2) is 0 Å². The van der Waals surface area contributed by atoms with Crippen LogP contribution in [0, 0.1) is 6.92 Å². The molecule has 1 saturated heterocycles. The number of anilines is 2. The van der Waals surface area contributed by atoms with Gasteiger partial charge in [0.25, 0.3) is 5.91 Å². The molecule has 0 bridgehead atoms. The van der Waals surface area contributed by atoms with Crippen LogP contribution in [0.5, 0.6) is 5.75 Å². The fourth-order valence-corrected chi connectivity index (χ4v) is 3.41. The Bertz CT molecular complexity index is 785. The Morgan fingerprint density at radius 3 is 2.50 bits per heavy atom. The average molecular weight is 394 g/mol. The molecule has 0 atom stereocenters. The minimum absolute atomic E-state index is 0.00923. The largest absolute Gasteiger partial charge is 0.484 e. The summed E-state index contributed by atoms with van der Waals surface area (Å²) in [6.45, 7) is 4.48. The average Bonchev–Trinajstić information content (AvgIpc) is 2.63. The monoisotopic (exact) mass is 393 g/mol. The Morgan fingerprint density at radius 2 is 1.85 bits per heavy atom. The predicted molar refractivity (Wildman–Crippen MR) is 106 cm³/mol. The zero-order chi connectivity index (χ0) is 18.7. The normalized spacial score (nSPS) is 14.4. The number of nitrogens with two attached hydrogens (primary N) is 1. The molecule has 1 aliphatic heterocycles. The van der Waals surface area contributed by atoms with E-state index in [2.05, 4.69) is 4.90 Å². The third-order valence-corrected chi connectivity index (χ3v) is 5.19. The highest BCUT2D eigenvalue weighted by Gasteiger charge is 2.23. The molecule has 7 heteroatoms. The van der Waals surface area contributed by atoms with Crippen molar-refractivity contribution in [2.75, 3.05) is 43.4 Å². The predicted octanol–water partition coefficient (Wildman–Crippen LogP) is 3.61. The summed E-state index contributed by atoms with van der Waals surface area (Å²) in [5.41, 5.74) is 8.46. The van der Waals surface area contributed by atoms with Gasteiger partial charge in [0.1, 0.15) is 5.75 Å². The highest BCUT2D eigenvalue weighted by molar-refractivity contribution is 6.34. The zero-order valence-corrected chi connectivity index (χ0v) is 16.1. The summed E-state index contributed by atoms with van der Waals surface area (Å²) in [6, 6.07) is 10.8. The van der Waals surface area contributed by atoms with Gasteiger partial charge < -0.3 is 20.3 Å². The number of carbonyl (C=O) groups excluding carboxylic acids is 1. The van der Waals surface area contributed by atoms with E-state index in [0.717, 1.165) is 11.3 Å². The van der Waals surface area contributed by atoms with Gasteiger partial charge in [-0.1, -0.05) is 29.3 Å². The van der Waals surface area contributed by atoms with Gasteiger partial charge in [0, 0.05) is 31.2 Å². The van der Waals surface area contributed by atoms with Gasteiger partial charge in [-0.05, 0) is 42.8 Å². The van der Waals surface area contributed by atoms with E-state index in [1.165, 1.54) is 0 Å². The van der Waals surface area contributed by atoms with Crippen molar-refractivity contribution < 1.29 is 9.53 Å². The van der Waals surface area contributed by atoms with Crippen LogP contribution in [0.1, 0.15) is 5.56 Å². The first-order chi connectivity index (χ1) is 12.5. The molecule has 5 nitrogen and oxygen atoms in total. The Labute approximate surface area is 163 Å². The fourth-order valence-electron chi connectivity index (χ4n) is 2.99. The highest BCUT2D eigenvalue weighted by Crippen LogP contribution is 2.32. The summed E-state index contributed by atoms with van der Waals surface area (Å²) in [7, 11) is 0. The van der Waals surface area contributed by atoms with Crippen molar-refractivity contribution >= 4 is 40.5 Å². The van der Waals surface area contributed by atoms with Crippen LogP contribution in [-0.2, 0) is 4.79 Å². The number of hydrogen-bond donors (Lipinski definition) is 1. The van der Waals surface area contributed by atoms with Gasteiger partial charge in [0.2, 0.25) is 0 Å². The first kappa shape index (κ1) is 18.7. The molecule has 138 valence electrons. The van der Waals surface area contributed by atoms with E-state index >= 15 is 0 Å². The molecule has 0 aromatic heterocycles. The van der Waals surface area contributed by atoms with E-state index in [4.69, 9.17) is 33.7 Å². The number of piperazine rings is 1. The van der Waals surface area contributed by atoms with Crippen LogP contribution >= 0.6 is 23.2 Å². The molecule has 2 aromatic rings. The van der Waals surface area contributed by atoms with E-state index < -0.39 is 0 Å². The Kier molecular flexibility index (Phi) is 5.79. The molecule has 1 amide bonds. The lowest BCUT2D eigenvalue weighted by Gasteiger charge is -2.37. The number of amides is 1. The van der Waals surface area contributed by atoms with Crippen LogP contribution in [0.2, 0.25) is 10.0 Å². The fraction of sp³-hybridized carbons (Fsp3) is 0.316. The van der Waals surface area contributed by atoms with Gasteiger partial charge >= 0.3 is 0 Å². The number of para-hydroxylation sites is 1. The van der Waals surface area contributed by atoms with Crippen LogP contribution in [0.15, 0.2) is 36.4 Å². The van der Waals surface area contributed by atoms with E-state index in [1.807, 2.05) is 31.2 Å². The maximum atomic E-state index is 12.4. The maximum Gasteiger partial charge on any atom is 0.260 e. The molecule has 1 fully saturated rings. The SMILES string of the molecule is Cc1cc(OCC(=O)N2CCN(c3c(N)cccc3Cl)CC2)ccc1Cl. The van der Waals surface area contributed by atoms with Gasteiger partial charge in [-0.3, -0.25) is 4.79 Å². The van der Waals surface area contributed by atoms with Crippen LogP contribution in [0.4, 0.5) is 11.4 Å². The first-order valence-electron chi connectivity index (χ1n) is 8.41. The summed E-state index contributed by atoms with van der Waals surface area (Å²) in [4.78, 5) is 16.3. The molecule has 0 spiro atoms. The molecule has 26 heavy (non-hydrogen) atoms. The zero-order valence-electron chi connectivity index (χ0n) is 14.5. The molecular weight excluding hydrogens is 373 g/mol. The minimum atomic E-state index is -0.0376. The van der Waals surface area contributed by atoms with Crippen molar-refractivity contribution in [3.63, 3.8) is 0 Å². The molecule has 1 heterocycles. The van der Waals surface area contributed by atoms with Crippen molar-refractivity contribution in [1.82, 2.24) is 4.90 Å². The summed E-state index contributed by atoms with van der Waals surface area (Å²) >= 11 is 12.3. The van der Waals surface area contributed by atoms with Crippen molar-refractivity contribution in [1.29, 1.82) is 0 Å². The van der Waals surface area contributed by atoms with E-state index in [9.17, 15) is 4.79 Å². The lowest BCUT2D eigenvalue weighted by Crippen LogP contribution is -2.50. The summed E-state index contributed by atoms with van der Waals surface area (Å²) in [5, 5.41) is 1.31. The van der Waals surface area contributed by atoms with Crippen molar-refractivity contribution in [3.8, 4) is 5.75 Å². The molecule has 0 aliphatic carbocycles. The quantitative estimate of drug-likeness (QED) is 0.805. The van der Waals surface area contributed by atoms with Crippen molar-refractivity contribution in [3.05, 3.63) is 52.0 Å². The molecule has 0 saturated carbocycles. The Morgan fingerprint density at radius 1 is 1.12 bits per heavy atom. The van der Waals surface area contributed by atoms with E-state index in [1.54, 1.807) is 17.0 Å². The second-order valence-corrected chi connectivity index (χ2v) is 7.06. The number of aryl methyl sites for hydroxylation is 1. The summed E-state index contributed by atoms with van der Waals surface area (Å²) in [6.07, 6.45) is 0. The minimum Gasteiger partial charge on any atom is -0.484 e. The second-order valence-electron chi connectivity index (χ2n) is 6.25. The van der Waals surface area contributed by atoms with Crippen molar-refractivity contribution in [2.45, 2.75) is 6.92 Å². The van der Waals surface area contributed by atoms with E-state index in [-0.39, 0.29) is 12.5 Å². The molecular formula is C19H21Cl2N3O2. The van der Waals surface area contributed by atoms with Gasteiger partial charge in [-0.15, -0.1) is 0 Å². The van der Waals surface area contributed by atoms with E-state index in [0.29, 0.717) is 47.7 Å². The molecule has 3 rings (SSSR count). The number of halogens is 2. The Balaban J connectivity index is 1.54. The number of carbonyl (C=O) groups is 1. The molecule has 2 aromatic carbocycles. The second kappa shape index (κ2) is 8.06. The lowest BCUT2D eigenvalue weighted by atomic mass is 10.2. The topological polar surface area (TPSA) is 58.8 Å². The van der Waals surface area contributed by atoms with Crippen LogP contribution in [-0.4, -0.2) is 43.6 Å². The molecule has 0 radical (unpaired) electrons. The van der Waals surface area contributed by atoms with Crippen molar-refractivity contribution in [2.24, 2.45) is 0 Å². The van der Waals surface area contributed by atoms with Gasteiger partial charge in [-0.2, -0.15) is 0 Å². The van der Waals surface area contributed by atoms with Gasteiger partial charge in [0.05, 0.1) is 16.4 Å². The van der Waals surface area contributed by atoms with Crippen LogP contribution < -0.4 is 15.4 Å². The number of benzene rings is 2. The standard InChI is InChI=1S/C19H21Cl2N3O2/c1-13-11-14(5-6-15(13)20)26-12-18(25)23-7-9-24(10-8-23)19-16(21)3-2-4-17(19)22/h2-6,11H,7-10,12,22H2,1H3. The molecule has 0 unspecified atom stereocenters. The lowest BCUT2D eigenvalue weighted by molar-refractivity contribution is -0.133. The number of nitrogens with zero attached hydrogens (tertiary/aromatic N) is 2. The smallest absolute Gasteiger partial charge is 0.260 e. The third kappa shape index (κ3) is 4.17. The van der Waals surface area contributed by atoms with Gasteiger partial charge in [0.15, 0.2) is 6.61 Å². The number of hydrogen-bond acceptors (Lipinski definition) is 4. The first-order valence-corrected chi connectivity index (χ1v) is 9.17. The van der Waals surface area contributed by atoms with Crippen LogP contribution in [0.3, 0.4) is 0 Å².